The molecule has 170 valence electrons. The fraction of sp³-hybridized carbons (Fsp3) is 0.862. The summed E-state index contributed by atoms with van der Waals surface area (Å²) in [7, 11) is 0. The van der Waals surface area contributed by atoms with Crippen molar-refractivity contribution in [2.45, 2.75) is 105 Å². The van der Waals surface area contributed by atoms with E-state index in [9.17, 15) is 5.11 Å². The van der Waals surface area contributed by atoms with Crippen LogP contribution in [0, 0.1) is 52.3 Å². The number of fused-ring (bicyclic) bond motifs is 5. The monoisotopic (exact) mass is 412 g/mol. The molecule has 0 bridgehead atoms. The molecule has 0 saturated heterocycles. The quantitative estimate of drug-likeness (QED) is 0.441. The van der Waals surface area contributed by atoms with Crippen molar-refractivity contribution < 1.29 is 5.11 Å². The van der Waals surface area contributed by atoms with Crippen LogP contribution in [0.4, 0.5) is 0 Å². The Kier molecular flexibility index (Phi) is 6.35. The predicted molar refractivity (Wildman–Crippen MR) is 128 cm³/mol. The van der Waals surface area contributed by atoms with Crippen molar-refractivity contribution in [3.63, 3.8) is 0 Å². The third-order valence-electron chi connectivity index (χ3n) is 11.2. The van der Waals surface area contributed by atoms with E-state index in [1.54, 1.807) is 5.57 Å². The van der Waals surface area contributed by atoms with Crippen LogP contribution in [0.2, 0.25) is 0 Å². The summed E-state index contributed by atoms with van der Waals surface area (Å²) in [5.74, 6) is 5.85. The van der Waals surface area contributed by atoms with E-state index in [1.807, 2.05) is 0 Å². The fourth-order valence-corrected chi connectivity index (χ4v) is 8.84. The second-order valence-corrected chi connectivity index (χ2v) is 12.5. The summed E-state index contributed by atoms with van der Waals surface area (Å²) in [6.07, 6.45) is 17.6. The molecule has 2 unspecified atom stereocenters. The van der Waals surface area contributed by atoms with Crippen LogP contribution < -0.4 is 0 Å². The smallest absolute Gasteiger partial charge is 0.0577 e. The topological polar surface area (TPSA) is 20.2 Å². The fourth-order valence-electron chi connectivity index (χ4n) is 8.84. The zero-order chi connectivity index (χ0) is 21.7. The molecule has 0 aromatic rings. The van der Waals surface area contributed by atoms with E-state index < -0.39 is 0 Å². The van der Waals surface area contributed by atoms with Crippen LogP contribution in [-0.2, 0) is 0 Å². The third kappa shape index (κ3) is 3.66. The molecular formula is C29H48O. The normalized spacial score (nSPS) is 46.1. The van der Waals surface area contributed by atoms with Gasteiger partial charge in [-0.05, 0) is 110 Å². The number of rotatable bonds is 6. The number of allylic oxidation sites excluding steroid dienone is 2. The van der Waals surface area contributed by atoms with Crippen molar-refractivity contribution in [3.8, 4) is 0 Å². The van der Waals surface area contributed by atoms with E-state index in [2.05, 4.69) is 53.3 Å². The zero-order valence-corrected chi connectivity index (χ0v) is 20.5. The number of aliphatic hydroxyl groups excluding tert-OH is 1. The molecule has 0 heterocycles. The molecule has 10 atom stereocenters. The van der Waals surface area contributed by atoms with Crippen molar-refractivity contribution in [2.24, 2.45) is 52.3 Å². The minimum Gasteiger partial charge on any atom is -0.393 e. The van der Waals surface area contributed by atoms with Crippen molar-refractivity contribution in [1.29, 1.82) is 0 Å². The van der Waals surface area contributed by atoms with E-state index in [1.165, 1.54) is 51.4 Å². The van der Waals surface area contributed by atoms with Crippen LogP contribution in [-0.4, -0.2) is 11.2 Å². The van der Waals surface area contributed by atoms with Gasteiger partial charge < -0.3 is 5.11 Å². The molecular weight excluding hydrogens is 364 g/mol. The molecule has 0 aromatic heterocycles. The molecule has 3 fully saturated rings. The van der Waals surface area contributed by atoms with Gasteiger partial charge in [0.1, 0.15) is 0 Å². The van der Waals surface area contributed by atoms with Crippen molar-refractivity contribution >= 4 is 0 Å². The molecule has 1 nitrogen and oxygen atoms in total. The molecule has 30 heavy (non-hydrogen) atoms. The molecule has 1 heteroatoms. The molecule has 0 radical (unpaired) electrons. The first kappa shape index (κ1) is 22.6. The standard InChI is InChI=1S/C29H48O/c1-7-19(2)20(3)8-9-21(4)25-12-13-26-24-11-10-22-18-23(30)14-16-28(22,5)27(24)15-17-29(25,26)6/h7,10,19-21,23-27,30H,1,8-9,11-18H2,2-6H3/t19?,20?,21-,23+,24+,25-,26+,27+,28+,29-/m1/s1. The summed E-state index contributed by atoms with van der Waals surface area (Å²) in [6, 6.07) is 0. The first-order valence-corrected chi connectivity index (χ1v) is 13.2. The highest BCUT2D eigenvalue weighted by Gasteiger charge is 2.59. The summed E-state index contributed by atoms with van der Waals surface area (Å²) in [6.45, 7) is 16.6. The second kappa shape index (κ2) is 8.42. The molecule has 4 rings (SSSR count). The summed E-state index contributed by atoms with van der Waals surface area (Å²) in [5, 5.41) is 10.2. The molecule has 4 aliphatic carbocycles. The predicted octanol–water partition coefficient (Wildman–Crippen LogP) is 7.80. The van der Waals surface area contributed by atoms with Crippen LogP contribution in [0.25, 0.3) is 0 Å². The molecule has 0 amide bonds. The highest BCUT2D eigenvalue weighted by Crippen LogP contribution is 2.67. The maximum Gasteiger partial charge on any atom is 0.0577 e. The Morgan fingerprint density at radius 2 is 1.83 bits per heavy atom. The van der Waals surface area contributed by atoms with Crippen molar-refractivity contribution in [1.82, 2.24) is 0 Å². The van der Waals surface area contributed by atoms with Crippen molar-refractivity contribution in [3.05, 3.63) is 24.3 Å². The lowest BCUT2D eigenvalue weighted by Gasteiger charge is -2.58. The average Bonchev–Trinajstić information content (AvgIpc) is 3.09. The van der Waals surface area contributed by atoms with Gasteiger partial charge in [0.2, 0.25) is 0 Å². The highest BCUT2D eigenvalue weighted by molar-refractivity contribution is 5.25. The number of hydrogen-bond donors (Lipinski definition) is 1. The largest absolute Gasteiger partial charge is 0.393 e. The second-order valence-electron chi connectivity index (χ2n) is 12.5. The van der Waals surface area contributed by atoms with Gasteiger partial charge >= 0.3 is 0 Å². The van der Waals surface area contributed by atoms with Crippen LogP contribution in [0.3, 0.4) is 0 Å². The molecule has 0 aliphatic heterocycles. The van der Waals surface area contributed by atoms with Gasteiger partial charge in [0.25, 0.3) is 0 Å². The van der Waals surface area contributed by atoms with Crippen LogP contribution in [0.5, 0.6) is 0 Å². The van der Waals surface area contributed by atoms with E-state index in [-0.39, 0.29) is 6.10 Å². The van der Waals surface area contributed by atoms with Crippen LogP contribution in [0.15, 0.2) is 24.3 Å². The Morgan fingerprint density at radius 1 is 1.07 bits per heavy atom. The first-order chi connectivity index (χ1) is 14.2. The van der Waals surface area contributed by atoms with Gasteiger partial charge in [-0.3, -0.25) is 0 Å². The molecule has 0 spiro atoms. The van der Waals surface area contributed by atoms with Crippen LogP contribution >= 0.6 is 0 Å². The van der Waals surface area contributed by atoms with Gasteiger partial charge in [-0.15, -0.1) is 6.58 Å². The maximum absolute atomic E-state index is 10.2. The van der Waals surface area contributed by atoms with Gasteiger partial charge in [-0.1, -0.05) is 58.8 Å². The van der Waals surface area contributed by atoms with Gasteiger partial charge in [0.05, 0.1) is 6.10 Å². The summed E-state index contributed by atoms with van der Waals surface area (Å²) in [5.41, 5.74) is 2.55. The summed E-state index contributed by atoms with van der Waals surface area (Å²) < 4.78 is 0. The van der Waals surface area contributed by atoms with Gasteiger partial charge in [-0.2, -0.15) is 0 Å². The SMILES string of the molecule is C=CC(C)C(C)CC[C@@H](C)[C@H]1CC[C@H]2[C@@H]3CC=C4C[C@@H](O)CC[C@]4(C)[C@H]3CC[C@]12C. The van der Waals surface area contributed by atoms with E-state index >= 15 is 0 Å². The summed E-state index contributed by atoms with van der Waals surface area (Å²) in [4.78, 5) is 0. The zero-order valence-electron chi connectivity index (χ0n) is 20.5. The van der Waals surface area contributed by atoms with Gasteiger partial charge in [-0.25, -0.2) is 0 Å². The van der Waals surface area contributed by atoms with E-state index in [0.29, 0.717) is 16.7 Å². The summed E-state index contributed by atoms with van der Waals surface area (Å²) >= 11 is 0. The first-order valence-electron chi connectivity index (χ1n) is 13.2. The Labute approximate surface area is 186 Å². The van der Waals surface area contributed by atoms with E-state index in [4.69, 9.17) is 0 Å². The van der Waals surface area contributed by atoms with Gasteiger partial charge in [0, 0.05) is 0 Å². The Hall–Kier alpha value is -0.560. The lowest BCUT2D eigenvalue weighted by atomic mass is 9.47. The molecule has 0 aromatic carbocycles. The molecule has 4 aliphatic rings. The van der Waals surface area contributed by atoms with E-state index in [0.717, 1.165) is 48.3 Å². The molecule has 3 saturated carbocycles. The Bertz CT molecular complexity index is 663. The Balaban J connectivity index is 1.47. The number of hydrogen-bond acceptors (Lipinski definition) is 1. The third-order valence-corrected chi connectivity index (χ3v) is 11.2. The van der Waals surface area contributed by atoms with Crippen molar-refractivity contribution in [2.75, 3.05) is 0 Å². The molecule has 1 N–H and O–H groups in total. The van der Waals surface area contributed by atoms with Gasteiger partial charge in [0.15, 0.2) is 0 Å². The Morgan fingerprint density at radius 3 is 2.57 bits per heavy atom. The average molecular weight is 413 g/mol. The minimum atomic E-state index is -0.0855. The highest BCUT2D eigenvalue weighted by atomic mass is 16.3. The maximum atomic E-state index is 10.2. The lowest BCUT2D eigenvalue weighted by Crippen LogP contribution is -2.50. The minimum absolute atomic E-state index is 0.0855. The lowest BCUT2D eigenvalue weighted by molar-refractivity contribution is -0.0574. The number of aliphatic hydroxyl groups is 1. The van der Waals surface area contributed by atoms with Crippen LogP contribution in [0.1, 0.15) is 98.8 Å².